The molecule has 2 aromatic rings. The highest BCUT2D eigenvalue weighted by molar-refractivity contribution is 7.80. The molecule has 0 aliphatic carbocycles. The van der Waals surface area contributed by atoms with Gasteiger partial charge in [-0.1, -0.05) is 12.1 Å². The average molecular weight is 372 g/mol. The molecule has 2 aromatic carbocycles. The number of fused-ring (bicyclic) bond motifs is 2. The maximum absolute atomic E-state index is 5.64. The molecule has 0 saturated heterocycles. The highest BCUT2D eigenvalue weighted by atomic mass is 32.1. The fourth-order valence-electron chi connectivity index (χ4n) is 2.89. The van der Waals surface area contributed by atoms with Gasteiger partial charge in [0.15, 0.2) is 28.1 Å². The van der Waals surface area contributed by atoms with Gasteiger partial charge in [0, 0.05) is 6.54 Å². The van der Waals surface area contributed by atoms with Crippen molar-refractivity contribution in [2.75, 3.05) is 20.0 Å². The van der Waals surface area contributed by atoms with Crippen LogP contribution in [0.3, 0.4) is 0 Å². The Bertz CT molecular complexity index is 827. The van der Waals surface area contributed by atoms with Gasteiger partial charge in [0.05, 0.1) is 6.04 Å². The standard InChI is InChI=1S/C19H20N2O4S/c1-12(14-3-5-15-18(9-14)23-7-6-22-15)21-19(26)20-10-13-2-4-16-17(8-13)25-11-24-16/h2-5,8-9,12H,6-7,10-11H2,1H3,(H2,20,21,26)/t12-/m0/s1. The predicted molar refractivity (Wildman–Crippen MR) is 101 cm³/mol. The largest absolute Gasteiger partial charge is 0.486 e. The molecule has 0 amide bonds. The number of benzene rings is 2. The molecule has 4 rings (SSSR count). The number of rotatable bonds is 4. The summed E-state index contributed by atoms with van der Waals surface area (Å²) < 4.78 is 21.9. The first-order valence-corrected chi connectivity index (χ1v) is 8.92. The Morgan fingerprint density at radius 1 is 0.962 bits per heavy atom. The molecule has 0 unspecified atom stereocenters. The molecule has 2 aliphatic heterocycles. The smallest absolute Gasteiger partial charge is 0.231 e. The normalized spacial score (nSPS) is 15.3. The monoisotopic (exact) mass is 372 g/mol. The second kappa shape index (κ2) is 7.29. The zero-order valence-electron chi connectivity index (χ0n) is 14.4. The van der Waals surface area contributed by atoms with Crippen LogP contribution in [0.1, 0.15) is 24.1 Å². The zero-order valence-corrected chi connectivity index (χ0v) is 15.2. The Hall–Kier alpha value is -2.67. The summed E-state index contributed by atoms with van der Waals surface area (Å²) in [5.41, 5.74) is 2.16. The number of hydrogen-bond donors (Lipinski definition) is 2. The van der Waals surface area contributed by atoms with E-state index in [0.717, 1.165) is 34.1 Å². The number of nitrogens with one attached hydrogen (secondary N) is 2. The van der Waals surface area contributed by atoms with E-state index in [9.17, 15) is 0 Å². The van der Waals surface area contributed by atoms with Crippen LogP contribution in [0.25, 0.3) is 0 Å². The molecule has 26 heavy (non-hydrogen) atoms. The van der Waals surface area contributed by atoms with Crippen molar-refractivity contribution in [2.24, 2.45) is 0 Å². The Kier molecular flexibility index (Phi) is 4.71. The van der Waals surface area contributed by atoms with E-state index in [1.807, 2.05) is 36.4 Å². The third-order valence-corrected chi connectivity index (χ3v) is 4.57. The van der Waals surface area contributed by atoms with E-state index < -0.39 is 0 Å². The van der Waals surface area contributed by atoms with E-state index in [1.165, 1.54) is 0 Å². The fourth-order valence-corrected chi connectivity index (χ4v) is 3.14. The molecular weight excluding hydrogens is 352 g/mol. The SMILES string of the molecule is C[C@H](NC(=S)NCc1ccc2c(c1)OCO2)c1ccc2c(c1)OCCO2. The zero-order chi connectivity index (χ0) is 17.9. The van der Waals surface area contributed by atoms with Gasteiger partial charge in [0.25, 0.3) is 0 Å². The van der Waals surface area contributed by atoms with Crippen molar-refractivity contribution < 1.29 is 18.9 Å². The third kappa shape index (κ3) is 3.62. The lowest BCUT2D eigenvalue weighted by atomic mass is 10.1. The van der Waals surface area contributed by atoms with Crippen molar-refractivity contribution in [3.8, 4) is 23.0 Å². The second-order valence-corrected chi connectivity index (χ2v) is 6.55. The first-order valence-electron chi connectivity index (χ1n) is 8.51. The fraction of sp³-hybridized carbons (Fsp3) is 0.316. The topological polar surface area (TPSA) is 61.0 Å². The molecular formula is C19H20N2O4S. The maximum atomic E-state index is 5.64. The van der Waals surface area contributed by atoms with Gasteiger partial charge in [-0.25, -0.2) is 0 Å². The lowest BCUT2D eigenvalue weighted by Crippen LogP contribution is -2.36. The van der Waals surface area contributed by atoms with Gasteiger partial charge in [-0.2, -0.15) is 0 Å². The molecule has 2 heterocycles. The van der Waals surface area contributed by atoms with Crippen LogP contribution in [0.2, 0.25) is 0 Å². The maximum Gasteiger partial charge on any atom is 0.231 e. The molecule has 7 heteroatoms. The summed E-state index contributed by atoms with van der Waals surface area (Å²) in [5, 5.41) is 7.10. The Labute approximate surface area is 157 Å². The minimum atomic E-state index is 0.0441. The van der Waals surface area contributed by atoms with Crippen molar-refractivity contribution in [1.29, 1.82) is 0 Å². The summed E-state index contributed by atoms with van der Waals surface area (Å²) in [6.07, 6.45) is 0. The summed E-state index contributed by atoms with van der Waals surface area (Å²) in [5.74, 6) is 3.12. The van der Waals surface area contributed by atoms with Crippen molar-refractivity contribution in [2.45, 2.75) is 19.5 Å². The molecule has 136 valence electrons. The van der Waals surface area contributed by atoms with Crippen LogP contribution in [0.4, 0.5) is 0 Å². The Morgan fingerprint density at radius 2 is 1.65 bits per heavy atom. The molecule has 0 bridgehead atoms. The van der Waals surface area contributed by atoms with Gasteiger partial charge in [0.1, 0.15) is 13.2 Å². The molecule has 0 fully saturated rings. The minimum absolute atomic E-state index is 0.0441. The van der Waals surface area contributed by atoms with E-state index in [-0.39, 0.29) is 12.8 Å². The second-order valence-electron chi connectivity index (χ2n) is 6.14. The van der Waals surface area contributed by atoms with Crippen LogP contribution in [0, 0.1) is 0 Å². The van der Waals surface area contributed by atoms with Gasteiger partial charge >= 0.3 is 0 Å². The lowest BCUT2D eigenvalue weighted by molar-refractivity contribution is 0.171. The first kappa shape index (κ1) is 16.8. The Balaban J connectivity index is 1.33. The molecule has 0 aromatic heterocycles. The van der Waals surface area contributed by atoms with Gasteiger partial charge < -0.3 is 29.6 Å². The molecule has 2 aliphatic rings. The van der Waals surface area contributed by atoms with Gasteiger partial charge in [-0.05, 0) is 54.5 Å². The van der Waals surface area contributed by atoms with Crippen LogP contribution in [0.5, 0.6) is 23.0 Å². The average Bonchev–Trinajstić information content (AvgIpc) is 3.13. The summed E-state index contributed by atoms with van der Waals surface area (Å²) in [4.78, 5) is 0. The molecule has 2 N–H and O–H groups in total. The number of thiocarbonyl (C=S) groups is 1. The summed E-state index contributed by atoms with van der Waals surface area (Å²) >= 11 is 5.42. The van der Waals surface area contributed by atoms with Crippen molar-refractivity contribution in [3.63, 3.8) is 0 Å². The lowest BCUT2D eigenvalue weighted by Gasteiger charge is -2.22. The first-order chi connectivity index (χ1) is 12.7. The summed E-state index contributed by atoms with van der Waals surface area (Å²) in [6.45, 7) is 4.11. The van der Waals surface area contributed by atoms with E-state index in [4.69, 9.17) is 31.2 Å². The van der Waals surface area contributed by atoms with Crippen LogP contribution < -0.4 is 29.6 Å². The minimum Gasteiger partial charge on any atom is -0.486 e. The van der Waals surface area contributed by atoms with Crippen LogP contribution in [-0.2, 0) is 6.54 Å². The molecule has 0 spiro atoms. The predicted octanol–water partition coefficient (Wildman–Crippen LogP) is 2.91. The van der Waals surface area contributed by atoms with Crippen molar-refractivity contribution in [1.82, 2.24) is 10.6 Å². The summed E-state index contributed by atoms with van der Waals surface area (Å²) in [7, 11) is 0. The van der Waals surface area contributed by atoms with E-state index in [1.54, 1.807) is 0 Å². The quantitative estimate of drug-likeness (QED) is 0.800. The summed E-state index contributed by atoms with van der Waals surface area (Å²) in [6, 6.07) is 11.9. The van der Waals surface area contributed by atoms with Crippen LogP contribution >= 0.6 is 12.2 Å². The number of hydrogen-bond acceptors (Lipinski definition) is 5. The molecule has 6 nitrogen and oxygen atoms in total. The van der Waals surface area contributed by atoms with E-state index >= 15 is 0 Å². The Morgan fingerprint density at radius 3 is 2.54 bits per heavy atom. The van der Waals surface area contributed by atoms with Crippen molar-refractivity contribution in [3.05, 3.63) is 47.5 Å². The molecule has 0 saturated carbocycles. The van der Waals surface area contributed by atoms with E-state index in [0.29, 0.717) is 24.9 Å². The van der Waals surface area contributed by atoms with Crippen molar-refractivity contribution >= 4 is 17.3 Å². The third-order valence-electron chi connectivity index (χ3n) is 4.30. The highest BCUT2D eigenvalue weighted by Crippen LogP contribution is 2.33. The molecule has 1 atom stereocenters. The highest BCUT2D eigenvalue weighted by Gasteiger charge is 2.16. The number of ether oxygens (including phenoxy) is 4. The van der Waals surface area contributed by atoms with Crippen LogP contribution in [-0.4, -0.2) is 25.1 Å². The van der Waals surface area contributed by atoms with Crippen LogP contribution in [0.15, 0.2) is 36.4 Å². The molecule has 0 radical (unpaired) electrons. The van der Waals surface area contributed by atoms with E-state index in [2.05, 4.69) is 17.6 Å². The van der Waals surface area contributed by atoms with Gasteiger partial charge in [-0.3, -0.25) is 0 Å². The van der Waals surface area contributed by atoms with Gasteiger partial charge in [-0.15, -0.1) is 0 Å². The van der Waals surface area contributed by atoms with Gasteiger partial charge in [0.2, 0.25) is 6.79 Å².